The Hall–Kier alpha value is -0.780. The molecule has 5 heteroatoms. The number of nitrogens with two attached hydrogens (primary N) is 1. The van der Waals surface area contributed by atoms with Crippen LogP contribution in [0.15, 0.2) is 23.1 Å². The monoisotopic (exact) mass is 323 g/mol. The van der Waals surface area contributed by atoms with Crippen LogP contribution in [0.5, 0.6) is 0 Å². The summed E-state index contributed by atoms with van der Waals surface area (Å²) in [6.07, 6.45) is 2.71. The van der Waals surface area contributed by atoms with Gasteiger partial charge in [0.2, 0.25) is 0 Å². The average Bonchev–Trinajstić information content (AvgIpc) is 3.28. The first-order valence-corrected chi connectivity index (χ1v) is 9.10. The summed E-state index contributed by atoms with van der Waals surface area (Å²) in [4.78, 5) is 4.19. The van der Waals surface area contributed by atoms with Crippen molar-refractivity contribution in [1.29, 1.82) is 0 Å². The minimum absolute atomic E-state index is 0.476. The van der Waals surface area contributed by atoms with E-state index in [1.54, 1.807) is 11.8 Å². The third-order valence-corrected chi connectivity index (χ3v) is 4.90. The molecule has 21 heavy (non-hydrogen) atoms. The lowest BCUT2D eigenvalue weighted by atomic mass is 10.1. The highest BCUT2D eigenvalue weighted by Crippen LogP contribution is 2.29. The number of nitrogens with zero attached hydrogens (tertiary/aromatic N) is 1. The molecule has 0 spiro atoms. The molecule has 3 N–H and O–H groups in total. The van der Waals surface area contributed by atoms with Gasteiger partial charge in [0.05, 0.1) is 0 Å². The molecule has 1 saturated carbocycles. The van der Waals surface area contributed by atoms with Crippen molar-refractivity contribution in [3.63, 3.8) is 0 Å². The summed E-state index contributed by atoms with van der Waals surface area (Å²) < 4.78 is 0. The molecule has 1 aromatic rings. The Morgan fingerprint density at radius 1 is 1.43 bits per heavy atom. The highest BCUT2D eigenvalue weighted by molar-refractivity contribution is 7.99. The summed E-state index contributed by atoms with van der Waals surface area (Å²) in [5, 5.41) is 3.52. The van der Waals surface area contributed by atoms with E-state index in [4.69, 9.17) is 18.0 Å². The highest BCUT2D eigenvalue weighted by Gasteiger charge is 2.27. The summed E-state index contributed by atoms with van der Waals surface area (Å²) in [6, 6.07) is 7.05. The van der Waals surface area contributed by atoms with E-state index in [0.717, 1.165) is 42.7 Å². The predicted octanol–water partition coefficient (Wildman–Crippen LogP) is 3.33. The van der Waals surface area contributed by atoms with Crippen molar-refractivity contribution in [3.8, 4) is 0 Å². The van der Waals surface area contributed by atoms with Gasteiger partial charge in [0.1, 0.15) is 4.99 Å². The lowest BCUT2D eigenvalue weighted by Crippen LogP contribution is -2.31. The quantitative estimate of drug-likeness (QED) is 0.539. The molecule has 1 aliphatic rings. The second-order valence-corrected chi connectivity index (χ2v) is 7.01. The van der Waals surface area contributed by atoms with Crippen molar-refractivity contribution in [2.45, 2.75) is 37.6 Å². The Labute approximate surface area is 137 Å². The fraction of sp³-hybridized carbons (Fsp3) is 0.562. The maximum absolute atomic E-state index is 5.93. The smallest absolute Gasteiger partial charge is 0.107 e. The normalized spacial score (nSPS) is 14.4. The number of likely N-dealkylation sites (N-methyl/N-ethyl adjacent to an activating group) is 1. The van der Waals surface area contributed by atoms with Gasteiger partial charge >= 0.3 is 0 Å². The first-order chi connectivity index (χ1) is 10.2. The Morgan fingerprint density at radius 2 is 2.19 bits per heavy atom. The molecule has 1 fully saturated rings. The van der Waals surface area contributed by atoms with E-state index in [1.165, 1.54) is 17.7 Å². The average molecular weight is 324 g/mol. The van der Waals surface area contributed by atoms with Gasteiger partial charge in [-0.05, 0) is 37.3 Å². The zero-order chi connectivity index (χ0) is 15.2. The number of hydrogen-bond donors (Lipinski definition) is 2. The minimum Gasteiger partial charge on any atom is -0.389 e. The van der Waals surface area contributed by atoms with E-state index in [1.807, 2.05) is 0 Å². The standard InChI is InChI=1S/C16H25N3S2/c1-3-19(12-8-9-12)11-10-18-13-6-5-7-14(21-4-2)15(13)16(17)20/h5-7,12,18H,3-4,8-11H2,1-2H3,(H2,17,20). The van der Waals surface area contributed by atoms with Crippen LogP contribution in [0.3, 0.4) is 0 Å². The van der Waals surface area contributed by atoms with Crippen LogP contribution in [0.2, 0.25) is 0 Å². The topological polar surface area (TPSA) is 41.3 Å². The molecule has 1 aliphatic carbocycles. The number of nitrogens with one attached hydrogen (secondary N) is 1. The Balaban J connectivity index is 2.01. The molecule has 0 saturated heterocycles. The van der Waals surface area contributed by atoms with Crippen LogP contribution in [-0.2, 0) is 0 Å². The zero-order valence-corrected chi connectivity index (χ0v) is 14.5. The molecule has 0 amide bonds. The molecule has 0 atom stereocenters. The largest absolute Gasteiger partial charge is 0.389 e. The van der Waals surface area contributed by atoms with Crippen LogP contribution < -0.4 is 11.1 Å². The van der Waals surface area contributed by atoms with Gasteiger partial charge in [-0.25, -0.2) is 0 Å². The van der Waals surface area contributed by atoms with Gasteiger partial charge in [0.15, 0.2) is 0 Å². The molecule has 1 aromatic carbocycles. The Kier molecular flexibility index (Phi) is 6.33. The Bertz CT molecular complexity index is 486. The SMILES string of the molecule is CCSc1cccc(NCCN(CC)C2CC2)c1C(N)=S. The molecule has 116 valence electrons. The lowest BCUT2D eigenvalue weighted by Gasteiger charge is -2.21. The van der Waals surface area contributed by atoms with Crippen molar-refractivity contribution < 1.29 is 0 Å². The minimum atomic E-state index is 0.476. The van der Waals surface area contributed by atoms with Crippen LogP contribution >= 0.6 is 24.0 Å². The lowest BCUT2D eigenvalue weighted by molar-refractivity contribution is 0.289. The third kappa shape index (κ3) is 4.59. The molecule has 3 nitrogen and oxygen atoms in total. The number of anilines is 1. The molecule has 0 bridgehead atoms. The van der Waals surface area contributed by atoms with E-state index in [9.17, 15) is 0 Å². The van der Waals surface area contributed by atoms with Crippen LogP contribution in [0, 0.1) is 0 Å². The summed E-state index contributed by atoms with van der Waals surface area (Å²) in [7, 11) is 0. The molecule has 0 unspecified atom stereocenters. The molecule has 2 rings (SSSR count). The van der Waals surface area contributed by atoms with E-state index in [0.29, 0.717) is 4.99 Å². The second kappa shape index (κ2) is 8.01. The number of hydrogen-bond acceptors (Lipinski definition) is 4. The van der Waals surface area contributed by atoms with Crippen molar-refractivity contribution >= 4 is 34.7 Å². The molecule has 0 radical (unpaired) electrons. The van der Waals surface area contributed by atoms with Gasteiger partial charge in [0, 0.05) is 35.3 Å². The van der Waals surface area contributed by atoms with Crippen LogP contribution in [0.4, 0.5) is 5.69 Å². The maximum Gasteiger partial charge on any atom is 0.107 e. The van der Waals surface area contributed by atoms with Gasteiger partial charge in [-0.15, -0.1) is 11.8 Å². The molecule has 0 aliphatic heterocycles. The molecule has 0 heterocycles. The van der Waals surface area contributed by atoms with Crippen LogP contribution in [0.1, 0.15) is 32.3 Å². The van der Waals surface area contributed by atoms with Crippen LogP contribution in [-0.4, -0.2) is 41.3 Å². The van der Waals surface area contributed by atoms with E-state index in [2.05, 4.69) is 42.3 Å². The first-order valence-electron chi connectivity index (χ1n) is 7.70. The van der Waals surface area contributed by atoms with Gasteiger partial charge in [-0.2, -0.15) is 0 Å². The van der Waals surface area contributed by atoms with E-state index in [-0.39, 0.29) is 0 Å². The van der Waals surface area contributed by atoms with E-state index < -0.39 is 0 Å². The highest BCUT2D eigenvalue weighted by atomic mass is 32.2. The predicted molar refractivity (Wildman–Crippen MR) is 97.5 cm³/mol. The number of thioether (sulfide) groups is 1. The molecule has 0 aromatic heterocycles. The number of thiocarbonyl (C=S) groups is 1. The summed E-state index contributed by atoms with van der Waals surface area (Å²) in [5.74, 6) is 1.02. The van der Waals surface area contributed by atoms with Gasteiger partial charge in [-0.1, -0.05) is 32.1 Å². The van der Waals surface area contributed by atoms with Gasteiger partial charge < -0.3 is 11.1 Å². The maximum atomic E-state index is 5.93. The molecular formula is C16H25N3S2. The van der Waals surface area contributed by atoms with Crippen molar-refractivity contribution in [2.75, 3.05) is 30.7 Å². The van der Waals surface area contributed by atoms with E-state index >= 15 is 0 Å². The van der Waals surface area contributed by atoms with Crippen molar-refractivity contribution in [1.82, 2.24) is 4.90 Å². The fourth-order valence-electron chi connectivity index (χ4n) is 2.58. The summed E-state index contributed by atoms with van der Waals surface area (Å²) >= 11 is 7.03. The van der Waals surface area contributed by atoms with Gasteiger partial charge in [0.25, 0.3) is 0 Å². The summed E-state index contributed by atoms with van der Waals surface area (Å²) in [6.45, 7) is 7.50. The second-order valence-electron chi connectivity index (χ2n) is 5.26. The van der Waals surface area contributed by atoms with Gasteiger partial charge in [-0.3, -0.25) is 4.90 Å². The first kappa shape index (κ1) is 16.6. The van der Waals surface area contributed by atoms with Crippen LogP contribution in [0.25, 0.3) is 0 Å². The van der Waals surface area contributed by atoms with Crippen molar-refractivity contribution in [3.05, 3.63) is 23.8 Å². The summed E-state index contributed by atoms with van der Waals surface area (Å²) in [5.41, 5.74) is 7.99. The molecular weight excluding hydrogens is 298 g/mol. The Morgan fingerprint density at radius 3 is 2.76 bits per heavy atom. The van der Waals surface area contributed by atoms with Crippen molar-refractivity contribution in [2.24, 2.45) is 5.73 Å². The fourth-order valence-corrected chi connectivity index (χ4v) is 3.72. The number of rotatable bonds is 9. The zero-order valence-electron chi connectivity index (χ0n) is 12.9. The third-order valence-electron chi connectivity index (χ3n) is 3.76. The number of benzene rings is 1.